The van der Waals surface area contributed by atoms with E-state index < -0.39 is 8.07 Å². The number of halogens is 1. The topological polar surface area (TPSA) is 13.1 Å². The molecule has 0 saturated heterocycles. The van der Waals surface area contributed by atoms with Crippen molar-refractivity contribution in [3.63, 3.8) is 0 Å². The predicted molar refractivity (Wildman–Crippen MR) is 142 cm³/mol. The smallest absolute Gasteiger partial charge is 0.180 e. The highest BCUT2D eigenvalue weighted by molar-refractivity contribution is 7.20. The molecule has 6 rings (SSSR count). The van der Waals surface area contributed by atoms with E-state index in [1.807, 2.05) is 18.2 Å². The first-order valence-electron chi connectivity index (χ1n) is 11.1. The number of rotatable bonds is 4. The van der Waals surface area contributed by atoms with Crippen LogP contribution in [-0.4, -0.2) is 8.07 Å². The van der Waals surface area contributed by atoms with Gasteiger partial charge in [0.25, 0.3) is 0 Å². The van der Waals surface area contributed by atoms with Gasteiger partial charge in [-0.05, 0) is 32.9 Å². The molecule has 1 aromatic heterocycles. The Morgan fingerprint density at radius 1 is 0.515 bits per heavy atom. The monoisotopic (exact) mass is 460 g/mol. The van der Waals surface area contributed by atoms with Crippen LogP contribution in [0.2, 0.25) is 5.02 Å². The molecule has 0 spiro atoms. The summed E-state index contributed by atoms with van der Waals surface area (Å²) in [6.07, 6.45) is 0. The van der Waals surface area contributed by atoms with Crippen LogP contribution in [0.4, 0.5) is 0 Å². The van der Waals surface area contributed by atoms with E-state index in [9.17, 15) is 0 Å². The fraction of sp³-hybridized carbons (Fsp3) is 0. The lowest BCUT2D eigenvalue weighted by molar-refractivity contribution is 0.669. The second kappa shape index (κ2) is 8.07. The van der Waals surface area contributed by atoms with Crippen LogP contribution < -0.4 is 20.7 Å². The number of fused-ring (bicyclic) bond motifs is 3. The fourth-order valence-corrected chi connectivity index (χ4v) is 10.3. The van der Waals surface area contributed by atoms with Crippen LogP contribution in [0.5, 0.6) is 0 Å². The van der Waals surface area contributed by atoms with E-state index in [1.54, 1.807) is 0 Å². The van der Waals surface area contributed by atoms with E-state index in [0.29, 0.717) is 5.02 Å². The van der Waals surface area contributed by atoms with Crippen LogP contribution >= 0.6 is 11.6 Å². The lowest BCUT2D eigenvalue weighted by Crippen LogP contribution is -2.74. The third-order valence-electron chi connectivity index (χ3n) is 6.50. The summed E-state index contributed by atoms with van der Waals surface area (Å²) >= 11 is 6.71. The van der Waals surface area contributed by atoms with Gasteiger partial charge in [-0.3, -0.25) is 0 Å². The molecule has 6 aromatic rings. The number of benzene rings is 5. The van der Waals surface area contributed by atoms with E-state index in [2.05, 4.69) is 109 Å². The van der Waals surface area contributed by atoms with Crippen molar-refractivity contribution in [2.75, 3.05) is 0 Å². The molecule has 0 bridgehead atoms. The molecular weight excluding hydrogens is 440 g/mol. The maximum absolute atomic E-state index is 6.71. The van der Waals surface area contributed by atoms with Crippen LogP contribution in [0.15, 0.2) is 132 Å². The molecule has 0 fully saturated rings. The molecule has 0 atom stereocenters. The zero-order chi connectivity index (χ0) is 22.3. The molecule has 0 unspecified atom stereocenters. The van der Waals surface area contributed by atoms with Crippen LogP contribution in [0.1, 0.15) is 0 Å². The highest BCUT2D eigenvalue weighted by Gasteiger charge is 2.43. The summed E-state index contributed by atoms with van der Waals surface area (Å²) in [6, 6.07) is 45.2. The maximum atomic E-state index is 6.71. The second-order valence-corrected chi connectivity index (χ2v) is 12.4. The fourth-order valence-electron chi connectivity index (χ4n) is 5.14. The van der Waals surface area contributed by atoms with Gasteiger partial charge >= 0.3 is 0 Å². The van der Waals surface area contributed by atoms with Gasteiger partial charge < -0.3 is 4.42 Å². The van der Waals surface area contributed by atoms with Crippen molar-refractivity contribution in [1.29, 1.82) is 0 Å². The lowest BCUT2D eigenvalue weighted by atomic mass is 10.1. The number of hydrogen-bond donors (Lipinski definition) is 0. The molecule has 1 nitrogen and oxygen atoms in total. The minimum atomic E-state index is -2.69. The van der Waals surface area contributed by atoms with Crippen LogP contribution in [-0.2, 0) is 0 Å². The Morgan fingerprint density at radius 2 is 1.00 bits per heavy atom. The molecule has 1 heterocycles. The van der Waals surface area contributed by atoms with Crippen molar-refractivity contribution in [1.82, 2.24) is 0 Å². The third kappa shape index (κ3) is 3.06. The van der Waals surface area contributed by atoms with Crippen LogP contribution in [0.3, 0.4) is 0 Å². The Kier molecular flexibility index (Phi) is 4.90. The summed E-state index contributed by atoms with van der Waals surface area (Å²) in [5.74, 6) is 0. The van der Waals surface area contributed by atoms with Gasteiger partial charge in [0.15, 0.2) is 13.7 Å². The standard InChI is InChI=1S/C30H21ClOSi/c31-26-20-21-28(29-25-18-10-11-19-27(25)32-30(26)29)33(22-12-4-1-5-13-22,23-14-6-2-7-15-23)24-16-8-3-9-17-24/h1-21H. The molecule has 0 aliphatic heterocycles. The minimum absolute atomic E-state index is 0.641. The van der Waals surface area contributed by atoms with Crippen LogP contribution in [0, 0.1) is 0 Å². The van der Waals surface area contributed by atoms with E-state index in [0.717, 1.165) is 21.9 Å². The van der Waals surface area contributed by atoms with Crippen molar-refractivity contribution in [2.24, 2.45) is 0 Å². The summed E-state index contributed by atoms with van der Waals surface area (Å²) in [5.41, 5.74) is 1.62. The zero-order valence-electron chi connectivity index (χ0n) is 17.9. The first-order valence-corrected chi connectivity index (χ1v) is 13.4. The molecule has 0 radical (unpaired) electrons. The van der Waals surface area contributed by atoms with Gasteiger partial charge in [-0.1, -0.05) is 127 Å². The van der Waals surface area contributed by atoms with Crippen LogP contribution in [0.25, 0.3) is 21.9 Å². The molecule has 0 saturated carbocycles. The van der Waals surface area contributed by atoms with E-state index in [1.165, 1.54) is 20.7 Å². The van der Waals surface area contributed by atoms with Gasteiger partial charge in [-0.15, -0.1) is 0 Å². The highest BCUT2D eigenvalue weighted by atomic mass is 35.5. The zero-order valence-corrected chi connectivity index (χ0v) is 19.7. The first-order chi connectivity index (χ1) is 16.3. The van der Waals surface area contributed by atoms with Gasteiger partial charge in [0.05, 0.1) is 5.02 Å². The molecular formula is C30H21ClOSi. The average Bonchev–Trinajstić information content (AvgIpc) is 3.28. The molecule has 0 amide bonds. The number of para-hydroxylation sites is 1. The minimum Gasteiger partial charge on any atom is -0.454 e. The van der Waals surface area contributed by atoms with Gasteiger partial charge in [0, 0.05) is 10.8 Å². The molecule has 3 heteroatoms. The Hall–Kier alpha value is -3.59. The molecule has 0 aliphatic rings. The van der Waals surface area contributed by atoms with E-state index >= 15 is 0 Å². The van der Waals surface area contributed by atoms with E-state index in [-0.39, 0.29) is 0 Å². The predicted octanol–water partition coefficient (Wildman–Crippen LogP) is 5.62. The van der Waals surface area contributed by atoms with Gasteiger partial charge in [-0.2, -0.15) is 0 Å². The Balaban J connectivity index is 1.87. The molecule has 5 aromatic carbocycles. The lowest BCUT2D eigenvalue weighted by Gasteiger charge is -2.35. The number of furan rings is 1. The summed E-state index contributed by atoms with van der Waals surface area (Å²) in [7, 11) is -2.69. The summed E-state index contributed by atoms with van der Waals surface area (Å²) < 4.78 is 6.32. The Morgan fingerprint density at radius 3 is 1.55 bits per heavy atom. The molecule has 0 N–H and O–H groups in total. The average molecular weight is 461 g/mol. The van der Waals surface area contributed by atoms with Crippen molar-refractivity contribution in [2.45, 2.75) is 0 Å². The quantitative estimate of drug-likeness (QED) is 0.246. The van der Waals surface area contributed by atoms with Gasteiger partial charge in [0.2, 0.25) is 0 Å². The third-order valence-corrected chi connectivity index (χ3v) is 11.6. The first kappa shape index (κ1) is 20.0. The molecule has 0 aliphatic carbocycles. The normalized spacial score (nSPS) is 11.8. The van der Waals surface area contributed by atoms with Crippen molar-refractivity contribution in [3.05, 3.63) is 132 Å². The van der Waals surface area contributed by atoms with Crippen molar-refractivity contribution < 1.29 is 4.42 Å². The summed E-state index contributed by atoms with van der Waals surface area (Å²) in [6.45, 7) is 0. The SMILES string of the molecule is Clc1ccc([Si](c2ccccc2)(c2ccccc2)c2ccccc2)c2c1oc1ccccc12. The summed E-state index contributed by atoms with van der Waals surface area (Å²) in [4.78, 5) is 0. The Labute approximate surface area is 198 Å². The van der Waals surface area contributed by atoms with Crippen molar-refractivity contribution in [3.8, 4) is 0 Å². The Bertz CT molecular complexity index is 1460. The maximum Gasteiger partial charge on any atom is 0.180 e. The summed E-state index contributed by atoms with van der Waals surface area (Å²) in [5, 5.41) is 8.13. The largest absolute Gasteiger partial charge is 0.454 e. The van der Waals surface area contributed by atoms with Gasteiger partial charge in [-0.25, -0.2) is 0 Å². The number of hydrogen-bond acceptors (Lipinski definition) is 1. The highest BCUT2D eigenvalue weighted by Crippen LogP contribution is 2.33. The second-order valence-electron chi connectivity index (χ2n) is 8.25. The van der Waals surface area contributed by atoms with Crippen molar-refractivity contribution >= 4 is 62.4 Å². The van der Waals surface area contributed by atoms with Gasteiger partial charge in [0.1, 0.15) is 5.58 Å². The molecule has 33 heavy (non-hydrogen) atoms. The van der Waals surface area contributed by atoms with E-state index in [4.69, 9.17) is 16.0 Å². The molecule has 158 valence electrons.